The highest BCUT2D eigenvalue weighted by Gasteiger charge is 2.25. The third-order valence-corrected chi connectivity index (χ3v) is 5.23. The van der Waals surface area contributed by atoms with Gasteiger partial charge in [0.15, 0.2) is 0 Å². The van der Waals surface area contributed by atoms with E-state index in [1.54, 1.807) is 0 Å². The van der Waals surface area contributed by atoms with Crippen LogP contribution in [0.5, 0.6) is 0 Å². The molecule has 1 fully saturated rings. The topological polar surface area (TPSA) is 72.6 Å². The summed E-state index contributed by atoms with van der Waals surface area (Å²) in [6.07, 6.45) is 2.79. The normalized spacial score (nSPS) is 20.2. The molecule has 0 bridgehead atoms. The second-order valence-corrected chi connectivity index (χ2v) is 7.00. The summed E-state index contributed by atoms with van der Waals surface area (Å²) in [5.74, 6) is -0.728. The van der Waals surface area contributed by atoms with Gasteiger partial charge in [0.2, 0.25) is 10.0 Å². The standard InChI is InChI=1S/C13H19FN2O3S/c1-16(9-10-4-2-3-7-19-10)20(17,18)11-5-6-13(15)12(14)8-11/h5-6,8,10H,2-4,7,9,15H2,1H3. The lowest BCUT2D eigenvalue weighted by atomic mass is 10.1. The summed E-state index contributed by atoms with van der Waals surface area (Å²) >= 11 is 0. The first-order valence-corrected chi connectivity index (χ1v) is 7.98. The maximum Gasteiger partial charge on any atom is 0.243 e. The van der Waals surface area contributed by atoms with E-state index in [1.807, 2.05) is 0 Å². The Morgan fingerprint density at radius 3 is 2.80 bits per heavy atom. The molecule has 1 aliphatic heterocycles. The van der Waals surface area contributed by atoms with Crippen molar-refractivity contribution in [1.82, 2.24) is 4.31 Å². The Kier molecular flexibility index (Phi) is 4.62. The first-order valence-electron chi connectivity index (χ1n) is 6.54. The number of ether oxygens (including phenoxy) is 1. The van der Waals surface area contributed by atoms with Crippen molar-refractivity contribution >= 4 is 15.7 Å². The van der Waals surface area contributed by atoms with Crippen LogP contribution in [-0.2, 0) is 14.8 Å². The minimum absolute atomic E-state index is 0.0674. The van der Waals surface area contributed by atoms with Gasteiger partial charge in [-0.15, -0.1) is 0 Å². The third-order valence-electron chi connectivity index (χ3n) is 3.41. The average Bonchev–Trinajstić information content (AvgIpc) is 2.42. The molecule has 1 aliphatic rings. The van der Waals surface area contributed by atoms with E-state index in [4.69, 9.17) is 10.5 Å². The zero-order valence-electron chi connectivity index (χ0n) is 11.4. The lowest BCUT2D eigenvalue weighted by molar-refractivity contribution is 0.00858. The lowest BCUT2D eigenvalue weighted by Gasteiger charge is -2.27. The molecule has 0 amide bonds. The van der Waals surface area contributed by atoms with Gasteiger partial charge in [0.1, 0.15) is 5.82 Å². The van der Waals surface area contributed by atoms with Crippen molar-refractivity contribution in [2.75, 3.05) is 25.9 Å². The van der Waals surface area contributed by atoms with Crippen LogP contribution in [0.4, 0.5) is 10.1 Å². The Bertz CT molecular complexity index is 571. The molecule has 1 unspecified atom stereocenters. The van der Waals surface area contributed by atoms with E-state index >= 15 is 0 Å². The molecule has 7 heteroatoms. The molecule has 1 aromatic rings. The van der Waals surface area contributed by atoms with Crippen LogP contribution >= 0.6 is 0 Å². The van der Waals surface area contributed by atoms with Crippen LogP contribution in [0.1, 0.15) is 19.3 Å². The van der Waals surface area contributed by atoms with Crippen molar-refractivity contribution in [3.05, 3.63) is 24.0 Å². The van der Waals surface area contributed by atoms with Crippen molar-refractivity contribution in [3.63, 3.8) is 0 Å². The number of nitrogens with zero attached hydrogens (tertiary/aromatic N) is 1. The minimum Gasteiger partial charge on any atom is -0.396 e. The van der Waals surface area contributed by atoms with Gasteiger partial charge in [0, 0.05) is 20.2 Å². The van der Waals surface area contributed by atoms with Gasteiger partial charge >= 0.3 is 0 Å². The molecule has 112 valence electrons. The highest BCUT2D eigenvalue weighted by Crippen LogP contribution is 2.21. The molecule has 0 aliphatic carbocycles. The fourth-order valence-corrected chi connectivity index (χ4v) is 3.40. The van der Waals surface area contributed by atoms with E-state index in [1.165, 1.54) is 23.5 Å². The molecular weight excluding hydrogens is 283 g/mol. The lowest BCUT2D eigenvalue weighted by Crippen LogP contribution is -2.37. The Labute approximate surface area is 118 Å². The van der Waals surface area contributed by atoms with E-state index in [0.29, 0.717) is 6.61 Å². The van der Waals surface area contributed by atoms with E-state index in [9.17, 15) is 12.8 Å². The molecule has 1 heterocycles. The Hall–Kier alpha value is -1.18. The van der Waals surface area contributed by atoms with Gasteiger partial charge in [-0.1, -0.05) is 0 Å². The highest BCUT2D eigenvalue weighted by atomic mass is 32.2. The number of rotatable bonds is 4. The van der Waals surface area contributed by atoms with E-state index in [2.05, 4.69) is 0 Å². The van der Waals surface area contributed by atoms with Crippen molar-refractivity contribution < 1.29 is 17.5 Å². The van der Waals surface area contributed by atoms with E-state index in [0.717, 1.165) is 25.3 Å². The van der Waals surface area contributed by atoms with Crippen LogP contribution < -0.4 is 5.73 Å². The second-order valence-electron chi connectivity index (χ2n) is 4.96. The van der Waals surface area contributed by atoms with Gasteiger partial charge in [0.05, 0.1) is 16.7 Å². The van der Waals surface area contributed by atoms with Crippen molar-refractivity contribution in [3.8, 4) is 0 Å². The molecule has 1 atom stereocenters. The summed E-state index contributed by atoms with van der Waals surface area (Å²) in [4.78, 5) is -0.0949. The van der Waals surface area contributed by atoms with Crippen LogP contribution in [0, 0.1) is 5.82 Å². The first kappa shape index (κ1) is 15.2. The number of nitrogen functional groups attached to an aromatic ring is 1. The second kappa shape index (κ2) is 6.07. The van der Waals surface area contributed by atoms with Crippen molar-refractivity contribution in [2.24, 2.45) is 0 Å². The molecular formula is C13H19FN2O3S. The van der Waals surface area contributed by atoms with Crippen LogP contribution in [0.2, 0.25) is 0 Å². The number of sulfonamides is 1. The predicted molar refractivity (Wildman–Crippen MR) is 74.2 cm³/mol. The highest BCUT2D eigenvalue weighted by molar-refractivity contribution is 7.89. The quantitative estimate of drug-likeness (QED) is 0.857. The van der Waals surface area contributed by atoms with Gasteiger partial charge < -0.3 is 10.5 Å². The Morgan fingerprint density at radius 2 is 2.20 bits per heavy atom. The zero-order valence-corrected chi connectivity index (χ0v) is 12.2. The molecule has 0 radical (unpaired) electrons. The fraction of sp³-hybridized carbons (Fsp3) is 0.538. The summed E-state index contributed by atoms with van der Waals surface area (Å²) in [5.41, 5.74) is 5.29. The number of benzene rings is 1. The Balaban J connectivity index is 2.13. The van der Waals surface area contributed by atoms with Crippen LogP contribution in [0.15, 0.2) is 23.1 Å². The largest absolute Gasteiger partial charge is 0.396 e. The molecule has 1 saturated heterocycles. The number of nitrogens with two attached hydrogens (primary N) is 1. The third kappa shape index (κ3) is 3.28. The van der Waals surface area contributed by atoms with Gasteiger partial charge in [-0.3, -0.25) is 0 Å². The summed E-state index contributed by atoms with van der Waals surface area (Å²) in [6.45, 7) is 0.934. The van der Waals surface area contributed by atoms with Crippen LogP contribution in [0.3, 0.4) is 0 Å². The number of hydrogen-bond acceptors (Lipinski definition) is 4. The predicted octanol–water partition coefficient (Wildman–Crippen LogP) is 1.60. The van der Waals surface area contributed by atoms with Crippen molar-refractivity contribution in [1.29, 1.82) is 0 Å². The number of halogens is 1. The van der Waals surface area contributed by atoms with Gasteiger partial charge in [-0.05, 0) is 37.5 Å². The smallest absolute Gasteiger partial charge is 0.243 e. The maximum absolute atomic E-state index is 13.4. The Morgan fingerprint density at radius 1 is 1.45 bits per heavy atom. The number of anilines is 1. The van der Waals surface area contributed by atoms with E-state index < -0.39 is 15.8 Å². The molecule has 0 aromatic heterocycles. The molecule has 1 aromatic carbocycles. The number of hydrogen-bond donors (Lipinski definition) is 1. The first-order chi connectivity index (χ1) is 9.41. The minimum atomic E-state index is -3.72. The SMILES string of the molecule is CN(CC1CCCCO1)S(=O)(=O)c1ccc(N)c(F)c1. The average molecular weight is 302 g/mol. The summed E-state index contributed by atoms with van der Waals surface area (Å²) in [5, 5.41) is 0. The fourth-order valence-electron chi connectivity index (χ4n) is 2.18. The molecule has 5 nitrogen and oxygen atoms in total. The zero-order chi connectivity index (χ0) is 14.8. The summed E-state index contributed by atoms with van der Waals surface area (Å²) < 4.78 is 44.8. The molecule has 20 heavy (non-hydrogen) atoms. The van der Waals surface area contributed by atoms with Gasteiger partial charge in [0.25, 0.3) is 0 Å². The number of likely N-dealkylation sites (N-methyl/N-ethyl adjacent to an activating group) is 1. The van der Waals surface area contributed by atoms with Gasteiger partial charge in [-0.25, -0.2) is 12.8 Å². The van der Waals surface area contributed by atoms with Crippen LogP contribution in [-0.4, -0.2) is 39.0 Å². The van der Waals surface area contributed by atoms with Gasteiger partial charge in [-0.2, -0.15) is 4.31 Å². The molecule has 0 spiro atoms. The van der Waals surface area contributed by atoms with Crippen molar-refractivity contribution in [2.45, 2.75) is 30.3 Å². The van der Waals surface area contributed by atoms with E-state index in [-0.39, 0.29) is 23.2 Å². The molecule has 2 rings (SSSR count). The maximum atomic E-state index is 13.4. The molecule has 2 N–H and O–H groups in total. The summed E-state index contributed by atoms with van der Waals surface area (Å²) in [7, 11) is -2.25. The monoisotopic (exact) mass is 302 g/mol. The summed E-state index contributed by atoms with van der Waals surface area (Å²) in [6, 6.07) is 3.52. The molecule has 0 saturated carbocycles. The van der Waals surface area contributed by atoms with Crippen LogP contribution in [0.25, 0.3) is 0 Å².